The Bertz CT molecular complexity index is 552. The van der Waals surface area contributed by atoms with Crippen LogP contribution in [0.4, 0.5) is 0 Å². The van der Waals surface area contributed by atoms with E-state index in [1.807, 2.05) is 0 Å². The summed E-state index contributed by atoms with van der Waals surface area (Å²) < 4.78 is 4.89. The maximum atomic E-state index is 10.7. The van der Waals surface area contributed by atoms with Crippen molar-refractivity contribution in [3.05, 3.63) is 29.2 Å². The number of carboxylic acids is 1. The maximum absolute atomic E-state index is 10.7. The molecule has 1 N–H and O–H groups in total. The Morgan fingerprint density at radius 3 is 2.71 bits per heavy atom. The number of nitrogens with zero attached hydrogens (tertiary/aromatic N) is 4. The van der Waals surface area contributed by atoms with E-state index >= 15 is 0 Å². The summed E-state index contributed by atoms with van der Waals surface area (Å²) in [5.41, 5.74) is 0.183. The van der Waals surface area contributed by atoms with Crippen LogP contribution < -0.4 is 4.74 Å². The van der Waals surface area contributed by atoms with Gasteiger partial charge in [0, 0.05) is 6.07 Å². The Kier molecular flexibility index (Phi) is 2.92. The number of methoxy groups -OCH3 is 1. The van der Waals surface area contributed by atoms with Crippen LogP contribution >= 0.6 is 11.6 Å². The summed E-state index contributed by atoms with van der Waals surface area (Å²) in [5.74, 6) is -0.798. The summed E-state index contributed by atoms with van der Waals surface area (Å²) in [4.78, 5) is 15.8. The number of halogens is 1. The van der Waals surface area contributed by atoms with Crippen molar-refractivity contribution < 1.29 is 14.6 Å². The van der Waals surface area contributed by atoms with E-state index in [2.05, 4.69) is 15.2 Å². The second kappa shape index (κ2) is 4.38. The third-order valence-corrected chi connectivity index (χ3v) is 2.19. The minimum atomic E-state index is -1.23. The molecule has 0 aliphatic heterocycles. The van der Waals surface area contributed by atoms with Crippen LogP contribution in [0, 0.1) is 0 Å². The lowest BCUT2D eigenvalue weighted by Gasteiger charge is -2.00. The molecule has 8 heteroatoms. The zero-order chi connectivity index (χ0) is 12.4. The molecular weight excluding hydrogens is 248 g/mol. The molecule has 0 atom stereocenters. The van der Waals surface area contributed by atoms with Crippen LogP contribution in [0.2, 0.25) is 5.15 Å². The fraction of sp³-hybridized carbons (Fsp3) is 0.111. The van der Waals surface area contributed by atoms with E-state index in [4.69, 9.17) is 21.4 Å². The van der Waals surface area contributed by atoms with Crippen LogP contribution in [-0.2, 0) is 0 Å². The summed E-state index contributed by atoms with van der Waals surface area (Å²) in [5, 5.41) is 16.1. The lowest BCUT2D eigenvalue weighted by Crippen LogP contribution is -2.02. The molecule has 0 unspecified atom stereocenters. The second-order valence-corrected chi connectivity index (χ2v) is 3.35. The minimum absolute atomic E-state index is 0.173. The highest BCUT2D eigenvalue weighted by Gasteiger charge is 2.16. The predicted molar refractivity (Wildman–Crippen MR) is 57.7 cm³/mol. The Labute approximate surface area is 101 Å². The summed E-state index contributed by atoms with van der Waals surface area (Å²) in [6.07, 6.45) is 1.45. The molecule has 2 heterocycles. The number of ether oxygens (including phenoxy) is 1. The second-order valence-electron chi connectivity index (χ2n) is 2.99. The van der Waals surface area contributed by atoms with E-state index in [0.717, 1.165) is 4.80 Å². The highest BCUT2D eigenvalue weighted by atomic mass is 35.5. The lowest BCUT2D eigenvalue weighted by atomic mass is 10.4. The van der Waals surface area contributed by atoms with Gasteiger partial charge in [0.2, 0.25) is 11.6 Å². The van der Waals surface area contributed by atoms with E-state index in [1.165, 1.54) is 13.3 Å². The fourth-order valence-electron chi connectivity index (χ4n) is 1.15. The Balaban J connectivity index is 2.39. The number of rotatable bonds is 3. The molecular formula is C9H7ClN4O3. The average molecular weight is 255 g/mol. The normalized spacial score (nSPS) is 10.2. The molecule has 0 aromatic carbocycles. The number of hydrogen-bond donors (Lipinski definition) is 1. The van der Waals surface area contributed by atoms with Gasteiger partial charge in [0.25, 0.3) is 0 Å². The smallest absolute Gasteiger partial charge is 0.359 e. The van der Waals surface area contributed by atoms with E-state index in [9.17, 15) is 4.79 Å². The van der Waals surface area contributed by atoms with Crippen LogP contribution in [0.25, 0.3) is 5.69 Å². The number of aromatic carboxylic acids is 1. The molecule has 17 heavy (non-hydrogen) atoms. The first-order valence-electron chi connectivity index (χ1n) is 4.48. The summed E-state index contributed by atoms with van der Waals surface area (Å²) in [6, 6.07) is 3.24. The quantitative estimate of drug-likeness (QED) is 0.880. The first-order valence-corrected chi connectivity index (χ1v) is 4.86. The lowest BCUT2D eigenvalue weighted by molar-refractivity contribution is 0.0690. The standard InChI is InChI=1S/C9H7ClN4O3/c1-17-6-3-2-5(4-11-6)14-12-7(9(15)16)8(10)13-14/h2-4H,1H3,(H,15,16). The van der Waals surface area contributed by atoms with Gasteiger partial charge in [-0.25, -0.2) is 9.78 Å². The van der Waals surface area contributed by atoms with Crippen molar-refractivity contribution in [1.82, 2.24) is 20.0 Å². The fourth-order valence-corrected chi connectivity index (χ4v) is 1.34. The zero-order valence-electron chi connectivity index (χ0n) is 8.66. The van der Waals surface area contributed by atoms with Crippen molar-refractivity contribution >= 4 is 17.6 Å². The highest BCUT2D eigenvalue weighted by Crippen LogP contribution is 2.14. The molecule has 0 amide bonds. The highest BCUT2D eigenvalue weighted by molar-refractivity contribution is 6.31. The average Bonchev–Trinajstić information content (AvgIpc) is 2.71. The number of aromatic nitrogens is 4. The molecule has 0 spiro atoms. The first-order chi connectivity index (χ1) is 8.11. The van der Waals surface area contributed by atoms with Crippen LogP contribution in [0.3, 0.4) is 0 Å². The number of hydrogen-bond acceptors (Lipinski definition) is 5. The maximum Gasteiger partial charge on any atom is 0.359 e. The van der Waals surface area contributed by atoms with Crippen LogP contribution in [0.15, 0.2) is 18.3 Å². The van der Waals surface area contributed by atoms with Crippen molar-refractivity contribution in [2.45, 2.75) is 0 Å². The topological polar surface area (TPSA) is 90.1 Å². The van der Waals surface area contributed by atoms with E-state index < -0.39 is 5.97 Å². The SMILES string of the molecule is COc1ccc(-n2nc(Cl)c(C(=O)O)n2)cn1. The molecule has 2 rings (SSSR count). The van der Waals surface area contributed by atoms with Gasteiger partial charge in [0.1, 0.15) is 5.69 Å². The molecule has 88 valence electrons. The third kappa shape index (κ3) is 2.18. The molecule has 0 saturated carbocycles. The largest absolute Gasteiger partial charge is 0.481 e. The molecule has 0 bridgehead atoms. The van der Waals surface area contributed by atoms with Gasteiger partial charge < -0.3 is 9.84 Å². The molecule has 0 aliphatic rings. The molecule has 2 aromatic heterocycles. The first kappa shape index (κ1) is 11.3. The van der Waals surface area contributed by atoms with E-state index in [1.54, 1.807) is 12.1 Å². The van der Waals surface area contributed by atoms with Crippen molar-refractivity contribution in [1.29, 1.82) is 0 Å². The molecule has 0 fully saturated rings. The van der Waals surface area contributed by atoms with Gasteiger partial charge in [-0.15, -0.1) is 15.0 Å². The van der Waals surface area contributed by atoms with Gasteiger partial charge in [0.05, 0.1) is 13.3 Å². The van der Waals surface area contributed by atoms with Crippen molar-refractivity contribution in [3.8, 4) is 11.6 Å². The summed E-state index contributed by atoms with van der Waals surface area (Å²) in [6.45, 7) is 0. The van der Waals surface area contributed by atoms with Crippen LogP contribution in [0.1, 0.15) is 10.5 Å². The number of carbonyl (C=O) groups is 1. The van der Waals surface area contributed by atoms with Gasteiger partial charge in [0.15, 0.2) is 5.15 Å². The Hall–Kier alpha value is -2.15. The Morgan fingerprint density at radius 2 is 2.24 bits per heavy atom. The van der Waals surface area contributed by atoms with Gasteiger partial charge >= 0.3 is 5.97 Å². The monoisotopic (exact) mass is 254 g/mol. The third-order valence-electron chi connectivity index (χ3n) is 1.94. The molecule has 2 aromatic rings. The van der Waals surface area contributed by atoms with Crippen molar-refractivity contribution in [2.24, 2.45) is 0 Å². The van der Waals surface area contributed by atoms with Crippen molar-refractivity contribution in [2.75, 3.05) is 7.11 Å². The van der Waals surface area contributed by atoms with Gasteiger partial charge in [-0.2, -0.15) is 0 Å². The van der Waals surface area contributed by atoms with Gasteiger partial charge in [-0.3, -0.25) is 0 Å². The van der Waals surface area contributed by atoms with Crippen LogP contribution in [0.5, 0.6) is 5.88 Å². The van der Waals surface area contributed by atoms with Gasteiger partial charge in [-0.05, 0) is 6.07 Å². The minimum Gasteiger partial charge on any atom is -0.481 e. The molecule has 7 nitrogen and oxygen atoms in total. The predicted octanol–water partition coefficient (Wildman–Crippen LogP) is 1.02. The summed E-state index contributed by atoms with van der Waals surface area (Å²) >= 11 is 5.63. The number of pyridine rings is 1. The zero-order valence-corrected chi connectivity index (χ0v) is 9.42. The van der Waals surface area contributed by atoms with E-state index in [-0.39, 0.29) is 10.8 Å². The molecule has 0 aliphatic carbocycles. The Morgan fingerprint density at radius 1 is 1.47 bits per heavy atom. The molecule has 0 saturated heterocycles. The van der Waals surface area contributed by atoms with Crippen molar-refractivity contribution in [3.63, 3.8) is 0 Å². The summed E-state index contributed by atoms with van der Waals surface area (Å²) in [7, 11) is 1.49. The van der Waals surface area contributed by atoms with Crippen LogP contribution in [-0.4, -0.2) is 38.2 Å². The number of carboxylic acid groups (broad SMARTS) is 1. The van der Waals surface area contributed by atoms with Gasteiger partial charge in [-0.1, -0.05) is 11.6 Å². The molecule has 0 radical (unpaired) electrons. The van der Waals surface area contributed by atoms with E-state index in [0.29, 0.717) is 11.6 Å².